The lowest BCUT2D eigenvalue weighted by Gasteiger charge is -2.29. The fourth-order valence-electron chi connectivity index (χ4n) is 2.99. The summed E-state index contributed by atoms with van der Waals surface area (Å²) < 4.78 is 19.6. The second-order valence-corrected chi connectivity index (χ2v) is 7.36. The van der Waals surface area contributed by atoms with E-state index in [2.05, 4.69) is 10.1 Å². The third-order valence-corrected chi connectivity index (χ3v) is 4.74. The summed E-state index contributed by atoms with van der Waals surface area (Å²) in [6, 6.07) is 12.5. The average Bonchev–Trinajstić information content (AvgIpc) is 3.34. The maximum atomic E-state index is 8.36. The van der Waals surface area contributed by atoms with Crippen LogP contribution in [0.4, 0.5) is 0 Å². The summed E-state index contributed by atoms with van der Waals surface area (Å²) in [6.45, 7) is 2.76. The van der Waals surface area contributed by atoms with Crippen molar-refractivity contribution in [2.45, 2.75) is 25.4 Å². The topological polar surface area (TPSA) is 122 Å². The molecule has 2 aromatic carbocycles. The standard InChI is InChI=1S/C19H17Cl2N3O3.HNO3/c1-13-9-25-19(27-13,10-24-12-22-11-23-24)17-7-6-16(8-18(17)21)26-15-4-2-14(20)3-5-15;2-1(3)4/h2-8,11-13H,9-10H2,1H3;(H,2,3,4). The van der Waals surface area contributed by atoms with Crippen molar-refractivity contribution in [1.29, 1.82) is 0 Å². The van der Waals surface area contributed by atoms with Crippen molar-refractivity contribution >= 4 is 23.2 Å². The zero-order valence-corrected chi connectivity index (χ0v) is 17.7. The van der Waals surface area contributed by atoms with Crippen molar-refractivity contribution in [3.05, 3.63) is 80.8 Å². The Balaban J connectivity index is 0.000000628. The predicted octanol–water partition coefficient (Wildman–Crippen LogP) is 4.32. The fourth-order valence-corrected chi connectivity index (χ4v) is 3.43. The molecule has 0 saturated carbocycles. The molecule has 2 heterocycles. The number of aromatic nitrogens is 3. The van der Waals surface area contributed by atoms with Crippen LogP contribution in [-0.2, 0) is 21.8 Å². The molecule has 0 bridgehead atoms. The monoisotopic (exact) mass is 468 g/mol. The second kappa shape index (κ2) is 9.92. The van der Waals surface area contributed by atoms with E-state index in [1.807, 2.05) is 19.1 Å². The van der Waals surface area contributed by atoms with Gasteiger partial charge in [-0.3, -0.25) is 0 Å². The molecule has 1 aromatic heterocycles. The molecule has 164 valence electrons. The van der Waals surface area contributed by atoms with Gasteiger partial charge in [0.05, 0.1) is 17.7 Å². The van der Waals surface area contributed by atoms with Gasteiger partial charge in [-0.05, 0) is 49.4 Å². The van der Waals surface area contributed by atoms with Gasteiger partial charge in [0.1, 0.15) is 30.7 Å². The summed E-state index contributed by atoms with van der Waals surface area (Å²) in [7, 11) is 0. The van der Waals surface area contributed by atoms with Crippen molar-refractivity contribution in [2.75, 3.05) is 6.61 Å². The van der Waals surface area contributed by atoms with Crippen LogP contribution in [0, 0.1) is 10.1 Å². The van der Waals surface area contributed by atoms with E-state index < -0.39 is 10.9 Å². The molecular formula is C19H18Cl2N4O6. The first-order valence-electron chi connectivity index (χ1n) is 8.98. The van der Waals surface area contributed by atoms with Crippen LogP contribution in [0.5, 0.6) is 11.5 Å². The van der Waals surface area contributed by atoms with E-state index in [9.17, 15) is 0 Å². The Morgan fingerprint density at radius 2 is 1.97 bits per heavy atom. The number of halogens is 2. The van der Waals surface area contributed by atoms with Crippen LogP contribution in [0.3, 0.4) is 0 Å². The summed E-state index contributed by atoms with van der Waals surface area (Å²) in [5.41, 5.74) is 0.715. The van der Waals surface area contributed by atoms with E-state index in [1.165, 1.54) is 6.33 Å². The first-order valence-corrected chi connectivity index (χ1v) is 9.74. The molecule has 0 aliphatic carbocycles. The minimum absolute atomic E-state index is 0.0606. The zero-order valence-electron chi connectivity index (χ0n) is 16.2. The van der Waals surface area contributed by atoms with Crippen molar-refractivity contribution in [1.82, 2.24) is 14.8 Å². The molecule has 12 heteroatoms. The summed E-state index contributed by atoms with van der Waals surface area (Å²) >= 11 is 12.5. The minimum atomic E-state index is -1.50. The highest BCUT2D eigenvalue weighted by atomic mass is 35.5. The molecule has 1 aliphatic rings. The third kappa shape index (κ3) is 6.05. The van der Waals surface area contributed by atoms with Gasteiger partial charge in [0, 0.05) is 10.6 Å². The van der Waals surface area contributed by atoms with Crippen LogP contribution < -0.4 is 4.74 Å². The van der Waals surface area contributed by atoms with Gasteiger partial charge in [0.2, 0.25) is 5.79 Å². The molecule has 0 amide bonds. The van der Waals surface area contributed by atoms with E-state index >= 15 is 0 Å². The van der Waals surface area contributed by atoms with E-state index in [0.29, 0.717) is 40.3 Å². The number of ether oxygens (including phenoxy) is 3. The Morgan fingerprint density at radius 1 is 1.29 bits per heavy atom. The van der Waals surface area contributed by atoms with Gasteiger partial charge < -0.3 is 19.4 Å². The molecule has 1 N–H and O–H groups in total. The average molecular weight is 469 g/mol. The van der Waals surface area contributed by atoms with Gasteiger partial charge in [-0.1, -0.05) is 23.2 Å². The van der Waals surface area contributed by atoms with Gasteiger partial charge in [-0.25, -0.2) is 9.67 Å². The van der Waals surface area contributed by atoms with Crippen LogP contribution in [0.1, 0.15) is 12.5 Å². The lowest BCUT2D eigenvalue weighted by molar-refractivity contribution is -0.742. The van der Waals surface area contributed by atoms with Crippen molar-refractivity contribution < 1.29 is 24.5 Å². The first kappa shape index (κ1) is 22.8. The van der Waals surface area contributed by atoms with E-state index in [0.717, 1.165) is 0 Å². The first-order chi connectivity index (χ1) is 14.8. The van der Waals surface area contributed by atoms with Crippen LogP contribution >= 0.6 is 23.2 Å². The second-order valence-electron chi connectivity index (χ2n) is 6.52. The fraction of sp³-hybridized carbons (Fsp3) is 0.263. The molecule has 2 atom stereocenters. The predicted molar refractivity (Wildman–Crippen MR) is 110 cm³/mol. The van der Waals surface area contributed by atoms with Gasteiger partial charge in [-0.15, -0.1) is 10.1 Å². The van der Waals surface area contributed by atoms with Crippen LogP contribution in [0.25, 0.3) is 0 Å². The number of hydrogen-bond donors (Lipinski definition) is 1. The van der Waals surface area contributed by atoms with Crippen LogP contribution in [0.15, 0.2) is 55.1 Å². The normalized spacial score (nSPS) is 20.0. The number of rotatable bonds is 5. The molecule has 0 radical (unpaired) electrons. The molecule has 3 aromatic rings. The summed E-state index contributed by atoms with van der Waals surface area (Å²) in [5, 5.41) is 18.9. The lowest BCUT2D eigenvalue weighted by Crippen LogP contribution is -2.34. The molecule has 1 saturated heterocycles. The molecule has 1 aliphatic heterocycles. The Bertz CT molecular complexity index is 1010. The summed E-state index contributed by atoms with van der Waals surface area (Å²) in [6.07, 6.45) is 3.02. The summed E-state index contributed by atoms with van der Waals surface area (Å²) in [4.78, 5) is 12.3. The largest absolute Gasteiger partial charge is 0.457 e. The van der Waals surface area contributed by atoms with E-state index in [1.54, 1.807) is 41.3 Å². The Morgan fingerprint density at radius 3 is 2.52 bits per heavy atom. The van der Waals surface area contributed by atoms with Crippen LogP contribution in [0.2, 0.25) is 10.0 Å². The van der Waals surface area contributed by atoms with Gasteiger partial charge >= 0.3 is 0 Å². The third-order valence-electron chi connectivity index (χ3n) is 4.18. The van der Waals surface area contributed by atoms with Gasteiger partial charge in [0.15, 0.2) is 0 Å². The van der Waals surface area contributed by atoms with Crippen molar-refractivity contribution in [2.24, 2.45) is 0 Å². The van der Waals surface area contributed by atoms with Crippen molar-refractivity contribution in [3.8, 4) is 11.5 Å². The highest BCUT2D eigenvalue weighted by Gasteiger charge is 2.44. The Labute approximate surface area is 187 Å². The van der Waals surface area contributed by atoms with E-state index in [4.69, 9.17) is 52.7 Å². The number of nitrogens with zero attached hydrogens (tertiary/aromatic N) is 4. The van der Waals surface area contributed by atoms with Gasteiger partial charge in [-0.2, -0.15) is 5.10 Å². The SMILES string of the molecule is CC1COC(Cn2cncn2)(c2ccc(Oc3ccc(Cl)cc3)cc2Cl)O1.O=[N+]([O-])O. The number of hydrogen-bond acceptors (Lipinski definition) is 7. The lowest BCUT2D eigenvalue weighted by atomic mass is 10.1. The molecule has 4 rings (SSSR count). The van der Waals surface area contributed by atoms with Crippen LogP contribution in [-0.4, -0.2) is 37.8 Å². The smallest absolute Gasteiger partial charge is 0.291 e. The highest BCUT2D eigenvalue weighted by molar-refractivity contribution is 6.31. The van der Waals surface area contributed by atoms with E-state index in [-0.39, 0.29) is 6.10 Å². The molecule has 0 spiro atoms. The zero-order chi connectivity index (χ0) is 22.4. The van der Waals surface area contributed by atoms with Crippen molar-refractivity contribution in [3.63, 3.8) is 0 Å². The maximum absolute atomic E-state index is 8.36. The molecule has 2 unspecified atom stereocenters. The molecular weight excluding hydrogens is 451 g/mol. The van der Waals surface area contributed by atoms with Gasteiger partial charge in [0.25, 0.3) is 5.09 Å². The Hall–Kier alpha value is -2.92. The molecule has 1 fully saturated rings. The Kier molecular flexibility index (Phi) is 7.29. The maximum Gasteiger partial charge on any atom is 0.291 e. The number of benzene rings is 2. The molecule has 31 heavy (non-hydrogen) atoms. The molecule has 10 nitrogen and oxygen atoms in total. The summed E-state index contributed by atoms with van der Waals surface area (Å²) in [5.74, 6) is 0.249. The highest BCUT2D eigenvalue weighted by Crippen LogP contribution is 2.41. The quantitative estimate of drug-likeness (QED) is 0.433. The minimum Gasteiger partial charge on any atom is -0.457 e.